The van der Waals surface area contributed by atoms with E-state index in [0.29, 0.717) is 17.1 Å². The van der Waals surface area contributed by atoms with Crippen LogP contribution < -0.4 is 15.0 Å². The summed E-state index contributed by atoms with van der Waals surface area (Å²) in [7, 11) is -3.72. The molecule has 0 unspecified atom stereocenters. The van der Waals surface area contributed by atoms with Gasteiger partial charge in [-0.2, -0.15) is 5.10 Å². The summed E-state index contributed by atoms with van der Waals surface area (Å²) in [4.78, 5) is 23.7. The lowest BCUT2D eigenvalue weighted by molar-refractivity contribution is -0.119. The Labute approximate surface area is 187 Å². The number of carbonyl (C=O) groups excluding carboxylic acids is 2. The van der Waals surface area contributed by atoms with Gasteiger partial charge in [0.2, 0.25) is 15.9 Å². The largest absolute Gasteiger partial charge is 0.326 e. The van der Waals surface area contributed by atoms with Crippen molar-refractivity contribution in [1.29, 1.82) is 0 Å². The van der Waals surface area contributed by atoms with Gasteiger partial charge in [0.05, 0.1) is 17.7 Å². The lowest BCUT2D eigenvalue weighted by Gasteiger charge is -2.23. The van der Waals surface area contributed by atoms with Gasteiger partial charge in [-0.1, -0.05) is 48.5 Å². The van der Waals surface area contributed by atoms with Gasteiger partial charge in [-0.15, -0.1) is 0 Å². The number of benzene rings is 3. The first-order chi connectivity index (χ1) is 15.1. The first-order valence-electron chi connectivity index (χ1n) is 9.82. The zero-order valence-electron chi connectivity index (χ0n) is 18.0. The zero-order chi connectivity index (χ0) is 23.3. The molecule has 3 rings (SSSR count). The van der Waals surface area contributed by atoms with Crippen molar-refractivity contribution in [1.82, 2.24) is 5.43 Å². The van der Waals surface area contributed by atoms with Gasteiger partial charge in [-0.05, 0) is 36.1 Å². The molecule has 0 aromatic heterocycles. The van der Waals surface area contributed by atoms with Crippen LogP contribution in [0.25, 0.3) is 10.8 Å². The molecule has 0 radical (unpaired) electrons. The number of nitrogens with zero attached hydrogens (tertiary/aromatic N) is 2. The van der Waals surface area contributed by atoms with Crippen molar-refractivity contribution in [2.75, 3.05) is 22.4 Å². The maximum Gasteiger partial charge on any atom is 0.260 e. The molecule has 0 bridgehead atoms. The molecule has 0 saturated carbocycles. The monoisotopic (exact) mass is 452 g/mol. The van der Waals surface area contributed by atoms with Crippen LogP contribution in [0.5, 0.6) is 0 Å². The van der Waals surface area contributed by atoms with Crippen LogP contribution in [0, 0.1) is 0 Å². The molecule has 0 spiro atoms. The highest BCUT2D eigenvalue weighted by Gasteiger charge is 2.22. The first kappa shape index (κ1) is 23.0. The van der Waals surface area contributed by atoms with Crippen molar-refractivity contribution in [3.05, 3.63) is 72.3 Å². The molecule has 32 heavy (non-hydrogen) atoms. The summed E-state index contributed by atoms with van der Waals surface area (Å²) in [5.74, 6) is -0.741. The van der Waals surface area contributed by atoms with E-state index >= 15 is 0 Å². The summed E-state index contributed by atoms with van der Waals surface area (Å²) in [6.07, 6.45) is 1.06. The second kappa shape index (κ2) is 9.61. The molecule has 166 valence electrons. The molecule has 0 atom stereocenters. The van der Waals surface area contributed by atoms with E-state index in [9.17, 15) is 18.0 Å². The number of carbonyl (C=O) groups is 2. The normalized spacial score (nSPS) is 11.8. The maximum absolute atomic E-state index is 12.5. The van der Waals surface area contributed by atoms with E-state index in [0.717, 1.165) is 26.9 Å². The average Bonchev–Trinajstić information content (AvgIpc) is 2.75. The quantitative estimate of drug-likeness (QED) is 0.424. The molecule has 3 aromatic rings. The number of fused-ring (bicyclic) bond motifs is 1. The number of amides is 2. The van der Waals surface area contributed by atoms with Gasteiger partial charge >= 0.3 is 0 Å². The van der Waals surface area contributed by atoms with Crippen LogP contribution in [0.2, 0.25) is 0 Å². The van der Waals surface area contributed by atoms with Crippen LogP contribution in [-0.4, -0.2) is 38.7 Å². The van der Waals surface area contributed by atoms with Crippen molar-refractivity contribution >= 4 is 49.7 Å². The third kappa shape index (κ3) is 5.70. The Bertz CT molecular complexity index is 1280. The topological polar surface area (TPSA) is 108 Å². The fraction of sp³-hybridized carbons (Fsp3) is 0.174. The highest BCUT2D eigenvalue weighted by Crippen LogP contribution is 2.28. The Morgan fingerprint density at radius 3 is 2.25 bits per heavy atom. The molecule has 9 heteroatoms. The van der Waals surface area contributed by atoms with Crippen LogP contribution in [0.4, 0.5) is 11.4 Å². The zero-order valence-corrected chi connectivity index (χ0v) is 18.8. The Morgan fingerprint density at radius 2 is 1.59 bits per heavy atom. The van der Waals surface area contributed by atoms with Gasteiger partial charge in [0.1, 0.15) is 6.54 Å². The summed E-state index contributed by atoms with van der Waals surface area (Å²) in [6.45, 7) is 2.73. The molecule has 0 fully saturated rings. The highest BCUT2D eigenvalue weighted by atomic mass is 32.2. The minimum Gasteiger partial charge on any atom is -0.326 e. The SMILES string of the molecule is CC(=O)Nc1ccc(/C(C)=N\NC(=O)CN(c2cccc3ccccc23)S(C)(=O)=O)cc1. The Hall–Kier alpha value is -3.72. The second-order valence-electron chi connectivity index (χ2n) is 7.26. The molecule has 0 aliphatic carbocycles. The molecule has 2 N–H and O–H groups in total. The lowest BCUT2D eigenvalue weighted by Crippen LogP contribution is -2.39. The van der Waals surface area contributed by atoms with Gasteiger partial charge in [-0.25, -0.2) is 13.8 Å². The van der Waals surface area contributed by atoms with Crippen molar-refractivity contribution in [3.8, 4) is 0 Å². The molecular weight excluding hydrogens is 428 g/mol. The van der Waals surface area contributed by atoms with Gasteiger partial charge in [0.25, 0.3) is 5.91 Å². The Balaban J connectivity index is 1.77. The molecule has 8 nitrogen and oxygen atoms in total. The van der Waals surface area contributed by atoms with Crippen LogP contribution in [0.1, 0.15) is 19.4 Å². The number of nitrogens with one attached hydrogen (secondary N) is 2. The minimum absolute atomic E-state index is 0.169. The smallest absolute Gasteiger partial charge is 0.260 e. The number of rotatable bonds is 7. The maximum atomic E-state index is 12.5. The summed E-state index contributed by atoms with van der Waals surface area (Å²) < 4.78 is 26.0. The fourth-order valence-electron chi connectivity index (χ4n) is 3.18. The average molecular weight is 453 g/mol. The Morgan fingerprint density at radius 1 is 0.938 bits per heavy atom. The summed E-state index contributed by atoms with van der Waals surface area (Å²) in [5.41, 5.74) is 4.77. The predicted octanol–water partition coefficient (Wildman–Crippen LogP) is 3.10. The van der Waals surface area contributed by atoms with Crippen molar-refractivity contribution in [2.24, 2.45) is 5.10 Å². The van der Waals surface area contributed by atoms with Crippen LogP contribution >= 0.6 is 0 Å². The molecule has 0 aliphatic heterocycles. The summed E-state index contributed by atoms with van der Waals surface area (Å²) in [5, 5.41) is 8.36. The van der Waals surface area contributed by atoms with E-state index in [1.807, 2.05) is 30.3 Å². The van der Waals surface area contributed by atoms with Crippen LogP contribution in [0.3, 0.4) is 0 Å². The summed E-state index contributed by atoms with van der Waals surface area (Å²) >= 11 is 0. The van der Waals surface area contributed by atoms with Crippen molar-refractivity contribution in [3.63, 3.8) is 0 Å². The second-order valence-corrected chi connectivity index (χ2v) is 9.17. The fourth-order valence-corrected chi connectivity index (χ4v) is 4.05. The predicted molar refractivity (Wildman–Crippen MR) is 127 cm³/mol. The molecule has 0 heterocycles. The standard InChI is InChI=1S/C23H24N4O4S/c1-16(18-11-13-20(14-12-18)24-17(2)28)25-26-23(29)15-27(32(3,30)31)22-10-6-8-19-7-4-5-9-21(19)22/h4-14H,15H2,1-3H3,(H,24,28)(H,26,29)/b25-16-. The molecular formula is C23H24N4O4S. The van der Waals surface area contributed by atoms with Crippen LogP contribution in [-0.2, 0) is 19.6 Å². The number of hydrogen-bond donors (Lipinski definition) is 2. The van der Waals surface area contributed by atoms with E-state index in [2.05, 4.69) is 15.8 Å². The third-order valence-electron chi connectivity index (χ3n) is 4.69. The van der Waals surface area contributed by atoms with Gasteiger partial charge < -0.3 is 5.32 Å². The molecule has 2 amide bonds. The van der Waals surface area contributed by atoms with Gasteiger partial charge in [-0.3, -0.25) is 13.9 Å². The van der Waals surface area contributed by atoms with Crippen molar-refractivity contribution < 1.29 is 18.0 Å². The first-order valence-corrected chi connectivity index (χ1v) is 11.7. The van der Waals surface area contributed by atoms with E-state index in [4.69, 9.17) is 0 Å². The highest BCUT2D eigenvalue weighted by molar-refractivity contribution is 7.92. The number of hydrogen-bond acceptors (Lipinski definition) is 5. The molecule has 0 aliphatic rings. The van der Waals surface area contributed by atoms with Gasteiger partial charge in [0.15, 0.2) is 0 Å². The third-order valence-corrected chi connectivity index (χ3v) is 5.82. The van der Waals surface area contributed by atoms with Gasteiger partial charge in [0, 0.05) is 18.0 Å². The van der Waals surface area contributed by atoms with E-state index in [-0.39, 0.29) is 5.91 Å². The molecule has 3 aromatic carbocycles. The Kier molecular flexibility index (Phi) is 6.89. The van der Waals surface area contributed by atoms with Crippen molar-refractivity contribution in [2.45, 2.75) is 13.8 Å². The lowest BCUT2D eigenvalue weighted by atomic mass is 10.1. The van der Waals surface area contributed by atoms with E-state index < -0.39 is 22.5 Å². The number of anilines is 2. The number of sulfonamides is 1. The van der Waals surface area contributed by atoms with E-state index in [1.54, 1.807) is 43.3 Å². The van der Waals surface area contributed by atoms with Crippen LogP contribution in [0.15, 0.2) is 71.8 Å². The molecule has 0 saturated heterocycles. The van der Waals surface area contributed by atoms with E-state index in [1.165, 1.54) is 6.92 Å². The number of hydrazone groups is 1. The summed E-state index contributed by atoms with van der Waals surface area (Å²) in [6, 6.07) is 19.6. The minimum atomic E-state index is -3.72.